The summed E-state index contributed by atoms with van der Waals surface area (Å²) in [4.78, 5) is 4.30. The fraction of sp³-hybridized carbons (Fsp3) is 0.111. The van der Waals surface area contributed by atoms with E-state index in [4.69, 9.17) is 27.5 Å². The van der Waals surface area contributed by atoms with Crippen LogP contribution in [-0.4, -0.2) is 18.8 Å². The molecule has 3 rings (SSSR count). The number of halogens is 1. The fourth-order valence-corrected chi connectivity index (χ4v) is 2.76. The minimum absolute atomic E-state index is 0.267. The highest BCUT2D eigenvalue weighted by Gasteiger charge is 2.18. The van der Waals surface area contributed by atoms with Gasteiger partial charge in [0.2, 0.25) is 0 Å². The van der Waals surface area contributed by atoms with E-state index in [1.165, 1.54) is 0 Å². The van der Waals surface area contributed by atoms with E-state index in [-0.39, 0.29) is 5.96 Å². The second-order valence-corrected chi connectivity index (χ2v) is 5.74. The maximum absolute atomic E-state index is 8.28. The standard InChI is InChI=1S/C18H17ClN4O/c1-24-16-8-4-6-13-15(22-18(21)23-17(13)16)10-12(20)9-11-5-2-3-7-14(11)19/h2-8,10,20H,9H2,1H3,(H3,21,22,23)/b15-10-,20-12?. The van der Waals surface area contributed by atoms with Gasteiger partial charge in [-0.3, -0.25) is 0 Å². The monoisotopic (exact) mass is 340 g/mol. The Labute approximate surface area is 145 Å². The van der Waals surface area contributed by atoms with Gasteiger partial charge in [-0.1, -0.05) is 41.9 Å². The second-order valence-electron chi connectivity index (χ2n) is 5.33. The zero-order chi connectivity index (χ0) is 17.1. The van der Waals surface area contributed by atoms with Crippen molar-refractivity contribution in [1.29, 1.82) is 5.41 Å². The zero-order valence-corrected chi connectivity index (χ0v) is 13.9. The molecule has 1 aliphatic heterocycles. The molecule has 0 radical (unpaired) electrons. The van der Waals surface area contributed by atoms with Gasteiger partial charge in [-0.15, -0.1) is 0 Å². The Hall–Kier alpha value is -2.79. The molecule has 1 aliphatic rings. The highest BCUT2D eigenvalue weighted by Crippen LogP contribution is 2.36. The molecular weight excluding hydrogens is 324 g/mol. The topological polar surface area (TPSA) is 83.5 Å². The summed E-state index contributed by atoms with van der Waals surface area (Å²) in [6.07, 6.45) is 2.17. The van der Waals surface area contributed by atoms with Crippen molar-refractivity contribution < 1.29 is 4.74 Å². The summed E-state index contributed by atoms with van der Waals surface area (Å²) in [5, 5.41) is 11.9. The predicted molar refractivity (Wildman–Crippen MR) is 98.3 cm³/mol. The molecule has 4 N–H and O–H groups in total. The predicted octanol–water partition coefficient (Wildman–Crippen LogP) is 3.50. The van der Waals surface area contributed by atoms with E-state index in [2.05, 4.69) is 10.3 Å². The van der Waals surface area contributed by atoms with Crippen molar-refractivity contribution in [1.82, 2.24) is 5.32 Å². The molecule has 2 aromatic carbocycles. The van der Waals surface area contributed by atoms with Crippen LogP contribution in [0.15, 0.2) is 53.5 Å². The van der Waals surface area contributed by atoms with Crippen molar-refractivity contribution in [2.75, 3.05) is 7.11 Å². The fourth-order valence-electron chi connectivity index (χ4n) is 2.56. The number of ether oxygens (including phenoxy) is 1. The molecule has 0 amide bonds. The van der Waals surface area contributed by atoms with Gasteiger partial charge in [-0.2, -0.15) is 0 Å². The summed E-state index contributed by atoms with van der Waals surface area (Å²) in [7, 11) is 1.59. The van der Waals surface area contributed by atoms with Crippen LogP contribution < -0.4 is 15.8 Å². The van der Waals surface area contributed by atoms with Gasteiger partial charge in [0.1, 0.15) is 11.4 Å². The van der Waals surface area contributed by atoms with E-state index in [0.29, 0.717) is 34.3 Å². The molecule has 5 nitrogen and oxygen atoms in total. The molecule has 0 spiro atoms. The van der Waals surface area contributed by atoms with Gasteiger partial charge < -0.3 is 21.2 Å². The first-order valence-corrected chi connectivity index (χ1v) is 7.77. The van der Waals surface area contributed by atoms with Crippen LogP contribution in [0, 0.1) is 5.41 Å². The summed E-state index contributed by atoms with van der Waals surface area (Å²) in [5.74, 6) is 0.907. The molecular formula is C18H17ClN4O. The third kappa shape index (κ3) is 3.26. The highest BCUT2D eigenvalue weighted by molar-refractivity contribution is 6.31. The summed E-state index contributed by atoms with van der Waals surface area (Å²) in [5.41, 5.74) is 9.40. The Morgan fingerprint density at radius 2 is 2.08 bits per heavy atom. The zero-order valence-electron chi connectivity index (χ0n) is 13.1. The lowest BCUT2D eigenvalue weighted by atomic mass is 10.0. The van der Waals surface area contributed by atoms with Crippen LogP contribution in [0.5, 0.6) is 5.75 Å². The van der Waals surface area contributed by atoms with Crippen LogP contribution in [0.3, 0.4) is 0 Å². The Morgan fingerprint density at radius 3 is 2.83 bits per heavy atom. The Kier molecular flexibility index (Phi) is 4.53. The van der Waals surface area contributed by atoms with Gasteiger partial charge in [0.25, 0.3) is 0 Å². The van der Waals surface area contributed by atoms with Crippen LogP contribution >= 0.6 is 11.6 Å². The lowest BCUT2D eigenvalue weighted by Crippen LogP contribution is -2.32. The maximum Gasteiger partial charge on any atom is 0.198 e. The second kappa shape index (κ2) is 6.76. The number of hydrogen-bond acceptors (Lipinski definition) is 5. The average Bonchev–Trinajstić information content (AvgIpc) is 2.56. The normalized spacial score (nSPS) is 14.6. The first-order valence-electron chi connectivity index (χ1n) is 7.39. The van der Waals surface area contributed by atoms with Crippen molar-refractivity contribution in [3.8, 4) is 5.75 Å². The largest absolute Gasteiger partial charge is 0.494 e. The van der Waals surface area contributed by atoms with E-state index in [0.717, 1.165) is 11.1 Å². The van der Waals surface area contributed by atoms with Gasteiger partial charge in [0.05, 0.1) is 12.8 Å². The molecule has 0 fully saturated rings. The number of para-hydroxylation sites is 1. The molecule has 6 heteroatoms. The average molecular weight is 341 g/mol. The molecule has 24 heavy (non-hydrogen) atoms. The Morgan fingerprint density at radius 1 is 1.29 bits per heavy atom. The first kappa shape index (κ1) is 16.1. The van der Waals surface area contributed by atoms with Gasteiger partial charge in [-0.05, 0) is 23.8 Å². The molecule has 0 aromatic heterocycles. The number of methoxy groups -OCH3 is 1. The van der Waals surface area contributed by atoms with Crippen LogP contribution in [-0.2, 0) is 6.42 Å². The lowest BCUT2D eigenvalue weighted by molar-refractivity contribution is 0.416. The van der Waals surface area contributed by atoms with E-state index >= 15 is 0 Å². The SMILES string of the molecule is COc1cccc2c1N=C(N)N/C2=C\C(=N)Cc1ccccc1Cl. The molecule has 0 unspecified atom stereocenters. The summed E-state index contributed by atoms with van der Waals surface area (Å²) in [6, 6.07) is 13.1. The van der Waals surface area contributed by atoms with Crippen molar-refractivity contribution in [3.63, 3.8) is 0 Å². The first-order chi connectivity index (χ1) is 11.6. The Bertz CT molecular complexity index is 858. The van der Waals surface area contributed by atoms with Crippen LogP contribution in [0.4, 0.5) is 5.69 Å². The molecule has 122 valence electrons. The van der Waals surface area contributed by atoms with Crippen LogP contribution in [0.2, 0.25) is 5.02 Å². The number of guanidine groups is 1. The molecule has 0 saturated heterocycles. The number of nitrogens with zero attached hydrogens (tertiary/aromatic N) is 1. The van der Waals surface area contributed by atoms with Crippen LogP contribution in [0.1, 0.15) is 11.1 Å². The maximum atomic E-state index is 8.28. The van der Waals surface area contributed by atoms with E-state index in [1.807, 2.05) is 42.5 Å². The summed E-state index contributed by atoms with van der Waals surface area (Å²) >= 11 is 6.17. The van der Waals surface area contributed by atoms with Gasteiger partial charge >= 0.3 is 0 Å². The number of rotatable bonds is 4. The minimum Gasteiger partial charge on any atom is -0.494 e. The van der Waals surface area contributed by atoms with Gasteiger partial charge in [-0.25, -0.2) is 4.99 Å². The van der Waals surface area contributed by atoms with Crippen molar-refractivity contribution in [2.24, 2.45) is 10.7 Å². The molecule has 0 bridgehead atoms. The third-order valence-electron chi connectivity index (χ3n) is 3.66. The van der Waals surface area contributed by atoms with Gasteiger partial charge in [0.15, 0.2) is 5.96 Å². The van der Waals surface area contributed by atoms with E-state index in [1.54, 1.807) is 13.2 Å². The molecule has 2 aromatic rings. The van der Waals surface area contributed by atoms with E-state index in [9.17, 15) is 0 Å². The number of aliphatic imine (C=N–C) groups is 1. The van der Waals surface area contributed by atoms with Crippen molar-refractivity contribution >= 4 is 34.7 Å². The Balaban J connectivity index is 1.93. The van der Waals surface area contributed by atoms with Gasteiger partial charge in [0, 0.05) is 22.7 Å². The molecule has 0 atom stereocenters. The number of allylic oxidation sites excluding steroid dienone is 1. The molecule has 1 heterocycles. The highest BCUT2D eigenvalue weighted by atomic mass is 35.5. The van der Waals surface area contributed by atoms with E-state index < -0.39 is 0 Å². The van der Waals surface area contributed by atoms with Crippen LogP contribution in [0.25, 0.3) is 5.70 Å². The number of fused-ring (bicyclic) bond motifs is 1. The number of benzene rings is 2. The number of hydrogen-bond donors (Lipinski definition) is 3. The smallest absolute Gasteiger partial charge is 0.198 e. The lowest BCUT2D eigenvalue weighted by Gasteiger charge is -2.20. The number of nitrogens with one attached hydrogen (secondary N) is 2. The minimum atomic E-state index is 0.267. The quantitative estimate of drug-likeness (QED) is 0.745. The molecule has 0 aliphatic carbocycles. The molecule has 0 saturated carbocycles. The van der Waals surface area contributed by atoms with Crippen molar-refractivity contribution in [3.05, 3.63) is 64.7 Å². The summed E-state index contributed by atoms with van der Waals surface area (Å²) in [6.45, 7) is 0. The van der Waals surface area contributed by atoms with Crippen molar-refractivity contribution in [2.45, 2.75) is 6.42 Å². The summed E-state index contributed by atoms with van der Waals surface area (Å²) < 4.78 is 5.34. The number of nitrogens with two attached hydrogens (primary N) is 1. The third-order valence-corrected chi connectivity index (χ3v) is 4.03.